The predicted octanol–water partition coefficient (Wildman–Crippen LogP) is -0.606. The van der Waals surface area contributed by atoms with Gasteiger partial charge in [0.15, 0.2) is 0 Å². The number of allylic oxidation sites excluding steroid dienone is 4. The average molecular weight is 189 g/mol. The van der Waals surface area contributed by atoms with Gasteiger partial charge in [0.05, 0.1) is 11.6 Å². The first kappa shape index (κ1) is 14.5. The minimum atomic E-state index is 0. The largest absolute Gasteiger partial charge is 1.00 e. The zero-order chi connectivity index (χ0) is 8.69. The SMILES string of the molecule is C=C/C=C(S[O-])\C(C#N)=C/C.[Na+]. The van der Waals surface area contributed by atoms with Crippen molar-refractivity contribution in [1.82, 2.24) is 0 Å². The maximum absolute atomic E-state index is 10.4. The van der Waals surface area contributed by atoms with Crippen LogP contribution in [0.5, 0.6) is 0 Å². The maximum atomic E-state index is 10.4. The number of hydrogen-bond donors (Lipinski definition) is 0. The molecule has 0 aromatic carbocycles. The molecule has 0 heterocycles. The van der Waals surface area contributed by atoms with E-state index in [0.29, 0.717) is 22.5 Å². The summed E-state index contributed by atoms with van der Waals surface area (Å²) in [6, 6.07) is 1.91. The van der Waals surface area contributed by atoms with Crippen LogP contribution < -0.4 is 29.6 Å². The molecule has 0 N–H and O–H groups in total. The molecular formula is C8H8NNaOS. The zero-order valence-corrected chi connectivity index (χ0v) is 10.0. The molecule has 0 atom stereocenters. The van der Waals surface area contributed by atoms with Crippen LogP contribution in [0.2, 0.25) is 0 Å². The molecule has 0 fully saturated rings. The molecule has 0 radical (unpaired) electrons. The molecule has 0 saturated carbocycles. The summed E-state index contributed by atoms with van der Waals surface area (Å²) >= 11 is 0.301. The van der Waals surface area contributed by atoms with E-state index in [4.69, 9.17) is 5.26 Å². The first-order valence-electron chi connectivity index (χ1n) is 2.99. The van der Waals surface area contributed by atoms with Gasteiger partial charge in [-0.2, -0.15) is 5.26 Å². The fourth-order valence-electron chi connectivity index (χ4n) is 0.531. The van der Waals surface area contributed by atoms with E-state index in [1.54, 1.807) is 13.0 Å². The molecule has 0 rings (SSSR count). The summed E-state index contributed by atoms with van der Waals surface area (Å²) in [5, 5.41) is 8.51. The second-order valence-corrected chi connectivity index (χ2v) is 2.27. The average Bonchev–Trinajstić information content (AvgIpc) is 2.05. The van der Waals surface area contributed by atoms with Crippen molar-refractivity contribution in [3.63, 3.8) is 0 Å². The van der Waals surface area contributed by atoms with E-state index in [0.717, 1.165) is 0 Å². The summed E-state index contributed by atoms with van der Waals surface area (Å²) in [6.45, 7) is 5.15. The van der Waals surface area contributed by atoms with Crippen LogP contribution in [-0.4, -0.2) is 4.55 Å². The predicted molar refractivity (Wildman–Crippen MR) is 46.0 cm³/mol. The van der Waals surface area contributed by atoms with Gasteiger partial charge in [-0.3, -0.25) is 0 Å². The smallest absolute Gasteiger partial charge is 0.795 e. The second kappa shape index (κ2) is 9.11. The third-order valence-electron chi connectivity index (χ3n) is 1.03. The minimum Gasteiger partial charge on any atom is -0.795 e. The molecule has 2 nitrogen and oxygen atoms in total. The maximum Gasteiger partial charge on any atom is 1.00 e. The fourth-order valence-corrected chi connectivity index (χ4v) is 0.936. The summed E-state index contributed by atoms with van der Waals surface area (Å²) in [5.74, 6) is 0. The first-order valence-corrected chi connectivity index (χ1v) is 3.73. The Morgan fingerprint density at radius 3 is 2.50 bits per heavy atom. The molecule has 4 heteroatoms. The molecule has 0 amide bonds. The Morgan fingerprint density at radius 1 is 1.67 bits per heavy atom. The summed E-state index contributed by atoms with van der Waals surface area (Å²) in [6.07, 6.45) is 4.61. The van der Waals surface area contributed by atoms with E-state index in [1.165, 1.54) is 12.2 Å². The topological polar surface area (TPSA) is 46.8 Å². The molecule has 0 aromatic heterocycles. The van der Waals surface area contributed by atoms with Gasteiger partial charge in [-0.15, -0.1) is 0 Å². The van der Waals surface area contributed by atoms with E-state index in [-0.39, 0.29) is 29.6 Å². The van der Waals surface area contributed by atoms with Gasteiger partial charge in [-0.1, -0.05) is 18.7 Å². The van der Waals surface area contributed by atoms with Gasteiger partial charge in [0, 0.05) is 4.91 Å². The molecule has 0 aliphatic carbocycles. The number of nitrogens with zero attached hydrogens (tertiary/aromatic N) is 1. The zero-order valence-electron chi connectivity index (χ0n) is 7.20. The van der Waals surface area contributed by atoms with Gasteiger partial charge in [0.1, 0.15) is 0 Å². The number of nitriles is 1. The Labute approximate surface area is 99.2 Å². The Hall–Kier alpha value is 0.0200. The molecule has 0 spiro atoms. The van der Waals surface area contributed by atoms with Crippen LogP contribution in [0.25, 0.3) is 0 Å². The summed E-state index contributed by atoms with van der Waals surface area (Å²) < 4.78 is 10.4. The fraction of sp³-hybridized carbons (Fsp3) is 0.125. The van der Waals surface area contributed by atoms with Crippen molar-refractivity contribution in [3.8, 4) is 6.07 Å². The number of hydrogen-bond acceptors (Lipinski definition) is 3. The van der Waals surface area contributed by atoms with E-state index in [1.807, 2.05) is 6.07 Å². The molecular weight excluding hydrogens is 181 g/mol. The van der Waals surface area contributed by atoms with E-state index in [9.17, 15) is 4.55 Å². The molecule has 58 valence electrons. The summed E-state index contributed by atoms with van der Waals surface area (Å²) in [5.41, 5.74) is 0.393. The summed E-state index contributed by atoms with van der Waals surface area (Å²) in [4.78, 5) is 0.407. The van der Waals surface area contributed by atoms with E-state index >= 15 is 0 Å². The quantitative estimate of drug-likeness (QED) is 0.257. The van der Waals surface area contributed by atoms with Crippen molar-refractivity contribution >= 4 is 12.0 Å². The first-order chi connectivity index (χ1) is 5.29. The van der Waals surface area contributed by atoms with Crippen LogP contribution in [0.3, 0.4) is 0 Å². The Bertz CT molecular complexity index is 240. The molecule has 0 unspecified atom stereocenters. The van der Waals surface area contributed by atoms with Crippen LogP contribution in [0, 0.1) is 11.3 Å². The molecule has 0 aromatic rings. The van der Waals surface area contributed by atoms with Gasteiger partial charge >= 0.3 is 29.6 Å². The van der Waals surface area contributed by atoms with Crippen molar-refractivity contribution in [2.24, 2.45) is 0 Å². The van der Waals surface area contributed by atoms with Gasteiger partial charge in [0.25, 0.3) is 0 Å². The Morgan fingerprint density at radius 2 is 2.25 bits per heavy atom. The third-order valence-corrected chi connectivity index (χ3v) is 1.57. The van der Waals surface area contributed by atoms with Gasteiger partial charge in [-0.05, 0) is 13.0 Å². The Kier molecular flexibility index (Phi) is 11.0. The van der Waals surface area contributed by atoms with Crippen LogP contribution in [0.4, 0.5) is 0 Å². The van der Waals surface area contributed by atoms with Crippen LogP contribution in [0.15, 0.2) is 35.3 Å². The standard InChI is InChI=1S/C8H9NOS.Na/c1-3-5-8(11-10)7(4-2)6-9;/h3-5,10H,1H2,2H3;/q;+1/p-1/b7-4-,8-5+;. The Balaban J connectivity index is 0. The molecule has 0 aliphatic rings. The van der Waals surface area contributed by atoms with Gasteiger partial charge in [0.2, 0.25) is 0 Å². The normalized spacial score (nSPS) is 11.4. The van der Waals surface area contributed by atoms with E-state index in [2.05, 4.69) is 6.58 Å². The van der Waals surface area contributed by atoms with Crippen molar-refractivity contribution in [1.29, 1.82) is 5.26 Å². The van der Waals surface area contributed by atoms with Crippen molar-refractivity contribution in [3.05, 3.63) is 35.3 Å². The van der Waals surface area contributed by atoms with E-state index < -0.39 is 0 Å². The van der Waals surface area contributed by atoms with Crippen LogP contribution in [0.1, 0.15) is 6.92 Å². The molecule has 0 saturated heterocycles. The molecule has 0 bridgehead atoms. The third kappa shape index (κ3) is 4.81. The van der Waals surface area contributed by atoms with Crippen LogP contribution >= 0.6 is 12.0 Å². The van der Waals surface area contributed by atoms with Crippen molar-refractivity contribution < 1.29 is 34.1 Å². The molecule has 0 aliphatic heterocycles. The van der Waals surface area contributed by atoms with Crippen molar-refractivity contribution in [2.75, 3.05) is 0 Å². The van der Waals surface area contributed by atoms with Crippen LogP contribution in [-0.2, 0) is 0 Å². The summed E-state index contributed by atoms with van der Waals surface area (Å²) in [7, 11) is 0. The minimum absolute atomic E-state index is 0. The monoisotopic (exact) mass is 189 g/mol. The van der Waals surface area contributed by atoms with Gasteiger partial charge < -0.3 is 4.55 Å². The van der Waals surface area contributed by atoms with Gasteiger partial charge in [-0.25, -0.2) is 12.0 Å². The number of rotatable bonds is 3. The van der Waals surface area contributed by atoms with Crippen molar-refractivity contribution in [2.45, 2.75) is 6.92 Å². The second-order valence-electron chi connectivity index (χ2n) is 1.66. The molecule has 12 heavy (non-hydrogen) atoms.